The maximum absolute atomic E-state index is 11.1. The molecule has 0 saturated heterocycles. The van der Waals surface area contributed by atoms with E-state index in [-0.39, 0.29) is 6.04 Å². The molecule has 3 heterocycles. The monoisotopic (exact) mass is 336 g/mol. The minimum absolute atomic E-state index is 0.181. The van der Waals surface area contributed by atoms with E-state index < -0.39 is 6.10 Å². The highest BCUT2D eigenvalue weighted by Gasteiger charge is 2.36. The molecule has 2 unspecified atom stereocenters. The molecule has 2 aliphatic rings. The van der Waals surface area contributed by atoms with E-state index in [0.717, 1.165) is 27.9 Å². The number of carbonyl (C=O) groups excluding carboxylic acids is 1. The summed E-state index contributed by atoms with van der Waals surface area (Å²) in [7, 11) is 1.62. The summed E-state index contributed by atoms with van der Waals surface area (Å²) in [5, 5.41) is 11.2. The number of para-hydroxylation sites is 1. The molecule has 4 rings (SSSR count). The maximum Gasteiger partial charge on any atom is 0.153 e. The van der Waals surface area contributed by atoms with Gasteiger partial charge in [-0.25, -0.2) is 4.98 Å². The second-order valence-corrected chi connectivity index (χ2v) is 6.53. The lowest BCUT2D eigenvalue weighted by Crippen LogP contribution is -2.30. The molecular weight excluding hydrogens is 316 g/mol. The zero-order chi connectivity index (χ0) is 17.6. The lowest BCUT2D eigenvalue weighted by Gasteiger charge is -2.32. The highest BCUT2D eigenvalue weighted by molar-refractivity contribution is 5.85. The molecule has 0 aliphatic carbocycles. The summed E-state index contributed by atoms with van der Waals surface area (Å²) in [6.07, 6.45) is 1.31. The molecule has 0 radical (unpaired) electrons. The molecule has 5 heteroatoms. The number of carbonyl (C=O) groups is 1. The van der Waals surface area contributed by atoms with Crippen LogP contribution in [-0.2, 0) is 9.53 Å². The van der Waals surface area contributed by atoms with Crippen molar-refractivity contribution in [1.29, 1.82) is 0 Å². The van der Waals surface area contributed by atoms with E-state index in [2.05, 4.69) is 24.0 Å². The van der Waals surface area contributed by atoms with Gasteiger partial charge in [-0.05, 0) is 36.3 Å². The Morgan fingerprint density at radius 3 is 3.00 bits per heavy atom. The Kier molecular flexibility index (Phi) is 3.90. The number of nitrogens with zero attached hydrogens (tertiary/aromatic N) is 2. The van der Waals surface area contributed by atoms with Crippen LogP contribution in [0.2, 0.25) is 0 Å². The van der Waals surface area contributed by atoms with Crippen molar-refractivity contribution < 1.29 is 14.6 Å². The first-order valence-electron chi connectivity index (χ1n) is 8.36. The van der Waals surface area contributed by atoms with E-state index in [4.69, 9.17) is 9.72 Å². The van der Waals surface area contributed by atoms with E-state index in [0.29, 0.717) is 25.0 Å². The first kappa shape index (κ1) is 16.0. The number of hydrogen-bond acceptors (Lipinski definition) is 5. The number of rotatable bonds is 4. The van der Waals surface area contributed by atoms with Gasteiger partial charge in [-0.15, -0.1) is 0 Å². The number of benzene rings is 1. The molecule has 0 bridgehead atoms. The lowest BCUT2D eigenvalue weighted by atomic mass is 9.98. The van der Waals surface area contributed by atoms with Crippen molar-refractivity contribution in [3.8, 4) is 0 Å². The third kappa shape index (κ3) is 2.47. The van der Waals surface area contributed by atoms with Crippen LogP contribution < -0.4 is 0 Å². The normalized spacial score (nSPS) is 20.4. The molecule has 128 valence electrons. The summed E-state index contributed by atoms with van der Waals surface area (Å²) in [5.74, 6) is 0. The molecule has 5 nitrogen and oxygen atoms in total. The molecule has 0 amide bonds. The molecule has 1 N–H and O–H groups in total. The van der Waals surface area contributed by atoms with Crippen LogP contribution in [0.1, 0.15) is 24.2 Å². The average molecular weight is 336 g/mol. The molecule has 0 fully saturated rings. The van der Waals surface area contributed by atoms with Gasteiger partial charge in [0.1, 0.15) is 6.10 Å². The second kappa shape index (κ2) is 6.10. The molecule has 0 saturated carbocycles. The van der Waals surface area contributed by atoms with Crippen LogP contribution in [0.3, 0.4) is 0 Å². The molecule has 1 aromatic heterocycles. The lowest BCUT2D eigenvalue weighted by molar-refractivity contribution is -0.113. The number of fused-ring (bicyclic) bond motifs is 4. The largest absolute Gasteiger partial charge is 0.381 e. The molecule has 1 aromatic carbocycles. The van der Waals surface area contributed by atoms with Gasteiger partial charge in [0.25, 0.3) is 0 Å². The number of aliphatic hydroxyl groups is 1. The highest BCUT2D eigenvalue weighted by atomic mass is 16.5. The Morgan fingerprint density at radius 2 is 2.24 bits per heavy atom. The number of aromatic nitrogens is 1. The number of ether oxygens (including phenoxy) is 1. The average Bonchev–Trinajstić information content (AvgIpc) is 2.90. The molecule has 2 atom stereocenters. The van der Waals surface area contributed by atoms with E-state index in [1.54, 1.807) is 7.11 Å². The van der Waals surface area contributed by atoms with E-state index in [1.807, 2.05) is 24.3 Å². The second-order valence-electron chi connectivity index (χ2n) is 6.53. The third-order valence-corrected chi connectivity index (χ3v) is 5.05. The van der Waals surface area contributed by atoms with Gasteiger partial charge in [-0.3, -0.25) is 0 Å². The first-order valence-corrected chi connectivity index (χ1v) is 8.36. The van der Waals surface area contributed by atoms with E-state index >= 15 is 0 Å². The maximum atomic E-state index is 11.1. The quantitative estimate of drug-likeness (QED) is 0.869. The van der Waals surface area contributed by atoms with Gasteiger partial charge in [-0.1, -0.05) is 18.2 Å². The summed E-state index contributed by atoms with van der Waals surface area (Å²) in [4.78, 5) is 18.3. The molecular formula is C20H20N2O3. The summed E-state index contributed by atoms with van der Waals surface area (Å²) < 4.78 is 5.27. The number of pyridine rings is 1. The van der Waals surface area contributed by atoms with Crippen LogP contribution in [-0.4, -0.2) is 47.6 Å². The fraction of sp³-hybridized carbons (Fsp3) is 0.300. The standard InChI is InChI=1S/C20H20N2O3/c1-12-15-7-13-5-3-4-6-17(13)21-20(15)18-8-16(19(24)10-23)14(11-25-2)9-22(12)18/h3-8,10,12,19,24H,9,11H2,1-2H3. The van der Waals surface area contributed by atoms with Gasteiger partial charge in [-0.2, -0.15) is 0 Å². The number of aldehydes is 1. The molecule has 0 spiro atoms. The van der Waals surface area contributed by atoms with Crippen LogP contribution >= 0.6 is 0 Å². The van der Waals surface area contributed by atoms with Gasteiger partial charge in [0.2, 0.25) is 0 Å². The Balaban J connectivity index is 1.89. The first-order chi connectivity index (χ1) is 12.1. The minimum atomic E-state index is -1.14. The van der Waals surface area contributed by atoms with Crippen LogP contribution in [0.4, 0.5) is 0 Å². The van der Waals surface area contributed by atoms with Crippen molar-refractivity contribution >= 4 is 22.9 Å². The third-order valence-electron chi connectivity index (χ3n) is 5.05. The Bertz CT molecular complexity index is 916. The zero-order valence-corrected chi connectivity index (χ0v) is 14.3. The van der Waals surface area contributed by atoms with E-state index in [9.17, 15) is 9.90 Å². The van der Waals surface area contributed by atoms with Crippen molar-refractivity contribution in [2.45, 2.75) is 19.1 Å². The van der Waals surface area contributed by atoms with Gasteiger partial charge < -0.3 is 19.5 Å². The summed E-state index contributed by atoms with van der Waals surface area (Å²) >= 11 is 0. The topological polar surface area (TPSA) is 62.7 Å². The molecule has 2 aliphatic heterocycles. The fourth-order valence-corrected chi connectivity index (χ4v) is 3.76. The summed E-state index contributed by atoms with van der Waals surface area (Å²) in [6, 6.07) is 10.4. The fourth-order valence-electron chi connectivity index (χ4n) is 3.76. The number of hydrogen-bond donors (Lipinski definition) is 1. The Morgan fingerprint density at radius 1 is 1.44 bits per heavy atom. The van der Waals surface area contributed by atoms with Crippen LogP contribution in [0, 0.1) is 0 Å². The van der Waals surface area contributed by atoms with Crippen molar-refractivity contribution in [2.24, 2.45) is 0 Å². The van der Waals surface area contributed by atoms with Gasteiger partial charge in [0, 0.05) is 24.6 Å². The van der Waals surface area contributed by atoms with Crippen molar-refractivity contribution in [1.82, 2.24) is 9.88 Å². The zero-order valence-electron chi connectivity index (χ0n) is 14.3. The van der Waals surface area contributed by atoms with Crippen molar-refractivity contribution in [3.05, 3.63) is 58.8 Å². The van der Waals surface area contributed by atoms with Crippen LogP contribution in [0.15, 0.2) is 47.6 Å². The number of methoxy groups -OCH3 is 1. The molecule has 2 aromatic rings. The van der Waals surface area contributed by atoms with Gasteiger partial charge in [0.05, 0.1) is 29.6 Å². The molecule has 25 heavy (non-hydrogen) atoms. The number of aliphatic hydroxyl groups excluding tert-OH is 1. The predicted molar refractivity (Wildman–Crippen MR) is 95.8 cm³/mol. The SMILES string of the molecule is COCC1=C(C(O)C=O)C=C2c3nc4ccccc4cc3C(C)N2C1. The van der Waals surface area contributed by atoms with Crippen molar-refractivity contribution in [2.75, 3.05) is 20.3 Å². The van der Waals surface area contributed by atoms with Gasteiger partial charge >= 0.3 is 0 Å². The van der Waals surface area contributed by atoms with Crippen molar-refractivity contribution in [3.63, 3.8) is 0 Å². The van der Waals surface area contributed by atoms with Gasteiger partial charge in [0.15, 0.2) is 6.29 Å². The summed E-state index contributed by atoms with van der Waals surface area (Å²) in [5.41, 5.74) is 5.55. The predicted octanol–water partition coefficient (Wildman–Crippen LogP) is 2.47. The smallest absolute Gasteiger partial charge is 0.153 e. The van der Waals surface area contributed by atoms with Crippen LogP contribution in [0.25, 0.3) is 16.6 Å². The highest BCUT2D eigenvalue weighted by Crippen LogP contribution is 2.44. The minimum Gasteiger partial charge on any atom is -0.381 e. The summed E-state index contributed by atoms with van der Waals surface area (Å²) in [6.45, 7) is 3.16. The Hall–Kier alpha value is -2.50. The Labute approximate surface area is 146 Å². The van der Waals surface area contributed by atoms with Crippen LogP contribution in [0.5, 0.6) is 0 Å². The van der Waals surface area contributed by atoms with E-state index in [1.165, 1.54) is 5.56 Å².